The van der Waals surface area contributed by atoms with Crippen LogP contribution in [-0.2, 0) is 28.6 Å². The van der Waals surface area contributed by atoms with E-state index >= 15 is 0 Å². The molecule has 9 heteroatoms. The highest BCUT2D eigenvalue weighted by molar-refractivity contribution is 5.85. The summed E-state index contributed by atoms with van der Waals surface area (Å²) < 4.78 is 15.6. The van der Waals surface area contributed by atoms with E-state index in [1.165, 1.54) is 7.11 Å². The van der Waals surface area contributed by atoms with Gasteiger partial charge in [0.05, 0.1) is 13.7 Å². The molecule has 0 aromatic carbocycles. The van der Waals surface area contributed by atoms with Crippen LogP contribution in [0.2, 0.25) is 0 Å². The topological polar surface area (TPSA) is 123 Å². The van der Waals surface area contributed by atoms with Crippen LogP contribution in [0.25, 0.3) is 0 Å². The zero-order chi connectivity index (χ0) is 19.3. The van der Waals surface area contributed by atoms with Crippen LogP contribution >= 0.6 is 0 Å². The van der Waals surface area contributed by atoms with Crippen molar-refractivity contribution in [3.05, 3.63) is 0 Å². The Morgan fingerprint density at radius 3 is 2.48 bits per heavy atom. The molecule has 0 aromatic heterocycles. The molecule has 144 valence electrons. The molecule has 25 heavy (non-hydrogen) atoms. The minimum Gasteiger partial charge on any atom is -0.468 e. The number of hydrogen-bond acceptors (Lipinski definition) is 7. The molecule has 1 aliphatic rings. The first-order valence-electron chi connectivity index (χ1n) is 8.10. The first-order valence-corrected chi connectivity index (χ1v) is 8.10. The molecule has 2 atom stereocenters. The van der Waals surface area contributed by atoms with E-state index in [0.717, 1.165) is 0 Å². The summed E-state index contributed by atoms with van der Waals surface area (Å²) in [5.74, 6) is -2.51. The zero-order valence-electron chi connectivity index (χ0n) is 15.4. The molecule has 2 amide bonds. The van der Waals surface area contributed by atoms with Crippen molar-refractivity contribution in [3.8, 4) is 0 Å². The fourth-order valence-corrected chi connectivity index (χ4v) is 2.23. The monoisotopic (exact) mass is 360 g/mol. The van der Waals surface area contributed by atoms with E-state index in [-0.39, 0.29) is 25.4 Å². The summed E-state index contributed by atoms with van der Waals surface area (Å²) >= 11 is 0. The van der Waals surface area contributed by atoms with Crippen molar-refractivity contribution in [2.75, 3.05) is 26.8 Å². The van der Waals surface area contributed by atoms with E-state index in [1.54, 1.807) is 13.8 Å². The Hall–Kier alpha value is -1.71. The van der Waals surface area contributed by atoms with E-state index in [1.807, 2.05) is 13.8 Å². The van der Waals surface area contributed by atoms with Gasteiger partial charge in [0, 0.05) is 12.0 Å². The summed E-state index contributed by atoms with van der Waals surface area (Å²) in [4.78, 5) is 34.9. The van der Waals surface area contributed by atoms with Gasteiger partial charge in [0.15, 0.2) is 5.79 Å². The third kappa shape index (κ3) is 6.60. The number of rotatable bonds is 7. The van der Waals surface area contributed by atoms with Crippen molar-refractivity contribution in [1.82, 2.24) is 10.6 Å². The number of esters is 1. The Bertz CT molecular complexity index is 505. The molecule has 1 saturated heterocycles. The second kappa shape index (κ2) is 8.59. The van der Waals surface area contributed by atoms with Crippen molar-refractivity contribution in [2.24, 2.45) is 5.41 Å². The van der Waals surface area contributed by atoms with Crippen LogP contribution in [0.3, 0.4) is 0 Å². The Balaban J connectivity index is 2.42. The summed E-state index contributed by atoms with van der Waals surface area (Å²) in [7, 11) is 1.20. The number of aliphatic hydroxyl groups is 1. The molecule has 1 rings (SSSR count). The lowest BCUT2D eigenvalue weighted by Crippen LogP contribution is -2.56. The van der Waals surface area contributed by atoms with Gasteiger partial charge < -0.3 is 30.0 Å². The minimum absolute atomic E-state index is 0.00574. The molecule has 1 aliphatic heterocycles. The highest BCUT2D eigenvalue weighted by Gasteiger charge is 2.45. The Morgan fingerprint density at radius 1 is 1.24 bits per heavy atom. The lowest BCUT2D eigenvalue weighted by Gasteiger charge is -2.44. The van der Waals surface area contributed by atoms with E-state index < -0.39 is 35.3 Å². The second-order valence-electron chi connectivity index (χ2n) is 7.06. The summed E-state index contributed by atoms with van der Waals surface area (Å²) in [6.07, 6.45) is -2.04. The number of carbonyl (C=O) groups is 3. The van der Waals surface area contributed by atoms with Gasteiger partial charge in [0.25, 0.3) is 0 Å². The normalized spacial score (nSPS) is 22.6. The average molecular weight is 360 g/mol. The van der Waals surface area contributed by atoms with Gasteiger partial charge in [-0.3, -0.25) is 14.4 Å². The fourth-order valence-electron chi connectivity index (χ4n) is 2.23. The van der Waals surface area contributed by atoms with Crippen molar-refractivity contribution in [2.45, 2.75) is 52.1 Å². The molecule has 0 aromatic rings. The van der Waals surface area contributed by atoms with Crippen LogP contribution < -0.4 is 10.6 Å². The molecule has 3 N–H and O–H groups in total. The van der Waals surface area contributed by atoms with E-state index in [9.17, 15) is 19.5 Å². The predicted octanol–water partition coefficient (Wildman–Crippen LogP) is -0.679. The molecule has 0 radical (unpaired) electrons. The smallest absolute Gasteiger partial charge is 0.325 e. The Morgan fingerprint density at radius 2 is 1.88 bits per heavy atom. The zero-order valence-corrected chi connectivity index (χ0v) is 15.4. The highest BCUT2D eigenvalue weighted by Crippen LogP contribution is 2.34. The quantitative estimate of drug-likeness (QED) is 0.514. The molecule has 0 saturated carbocycles. The number of ether oxygens (including phenoxy) is 3. The van der Waals surface area contributed by atoms with Gasteiger partial charge in [-0.15, -0.1) is 0 Å². The van der Waals surface area contributed by atoms with Gasteiger partial charge >= 0.3 is 5.97 Å². The van der Waals surface area contributed by atoms with E-state index in [2.05, 4.69) is 15.4 Å². The Labute approximate surface area is 147 Å². The number of carbonyl (C=O) groups excluding carboxylic acids is 3. The molecule has 1 fully saturated rings. The number of methoxy groups -OCH3 is 1. The molecule has 9 nitrogen and oxygen atoms in total. The maximum atomic E-state index is 12.4. The van der Waals surface area contributed by atoms with Crippen LogP contribution in [0.15, 0.2) is 0 Å². The lowest BCUT2D eigenvalue weighted by atomic mass is 9.85. The molecule has 2 unspecified atom stereocenters. The average Bonchev–Trinajstić information content (AvgIpc) is 2.54. The molecular formula is C16H28N2O7. The van der Waals surface area contributed by atoms with Crippen LogP contribution in [-0.4, -0.2) is 67.7 Å². The van der Waals surface area contributed by atoms with Gasteiger partial charge in [-0.25, -0.2) is 0 Å². The summed E-state index contributed by atoms with van der Waals surface area (Å²) in [6, 6.07) is 0. The highest BCUT2D eigenvalue weighted by atomic mass is 16.7. The van der Waals surface area contributed by atoms with E-state index in [0.29, 0.717) is 6.61 Å². The SMILES string of the molecule is COC(=O)CNC(=O)C(O)CCNC(=O)C1OC(C)(C)OCC1(C)C. The number of nitrogens with one attached hydrogen (secondary N) is 2. The van der Waals surface area contributed by atoms with Crippen LogP contribution in [0, 0.1) is 5.41 Å². The summed E-state index contributed by atoms with van der Waals surface area (Å²) in [6.45, 7) is 7.33. The Kier molecular flexibility index (Phi) is 7.33. The summed E-state index contributed by atoms with van der Waals surface area (Å²) in [5.41, 5.74) is -0.504. The van der Waals surface area contributed by atoms with Gasteiger partial charge in [0.1, 0.15) is 18.8 Å². The predicted molar refractivity (Wildman–Crippen MR) is 87.3 cm³/mol. The van der Waals surface area contributed by atoms with Crippen LogP contribution in [0.1, 0.15) is 34.1 Å². The molecule has 0 bridgehead atoms. The van der Waals surface area contributed by atoms with Crippen molar-refractivity contribution in [1.29, 1.82) is 0 Å². The van der Waals surface area contributed by atoms with E-state index in [4.69, 9.17) is 9.47 Å². The number of aliphatic hydroxyl groups excluding tert-OH is 1. The first-order chi connectivity index (χ1) is 11.5. The number of hydrogen-bond donors (Lipinski definition) is 3. The van der Waals surface area contributed by atoms with Gasteiger partial charge in [-0.05, 0) is 20.3 Å². The van der Waals surface area contributed by atoms with Crippen LogP contribution in [0.5, 0.6) is 0 Å². The minimum atomic E-state index is -1.34. The number of amides is 2. The van der Waals surface area contributed by atoms with Gasteiger partial charge in [-0.2, -0.15) is 0 Å². The molecule has 1 heterocycles. The first kappa shape index (κ1) is 21.3. The largest absolute Gasteiger partial charge is 0.468 e. The summed E-state index contributed by atoms with van der Waals surface area (Å²) in [5, 5.41) is 14.6. The lowest BCUT2D eigenvalue weighted by molar-refractivity contribution is -0.304. The van der Waals surface area contributed by atoms with Gasteiger partial charge in [0.2, 0.25) is 11.8 Å². The molecule has 0 aliphatic carbocycles. The molecule has 0 spiro atoms. The van der Waals surface area contributed by atoms with Crippen LogP contribution in [0.4, 0.5) is 0 Å². The third-order valence-corrected chi connectivity index (χ3v) is 3.80. The third-order valence-electron chi connectivity index (χ3n) is 3.80. The second-order valence-corrected chi connectivity index (χ2v) is 7.06. The van der Waals surface area contributed by atoms with Gasteiger partial charge in [-0.1, -0.05) is 13.8 Å². The molecular weight excluding hydrogens is 332 g/mol. The van der Waals surface area contributed by atoms with Crippen molar-refractivity contribution < 1.29 is 33.7 Å². The van der Waals surface area contributed by atoms with Crippen molar-refractivity contribution >= 4 is 17.8 Å². The standard InChI is InChI=1S/C16H28N2O7/c1-15(2)9-24-16(3,4)25-12(15)14(22)17-7-6-10(19)13(21)18-8-11(20)23-5/h10,12,19H,6-9H2,1-5H3,(H,17,22)(H,18,21). The fraction of sp³-hybridized carbons (Fsp3) is 0.812. The maximum Gasteiger partial charge on any atom is 0.325 e. The maximum absolute atomic E-state index is 12.4. The van der Waals surface area contributed by atoms with Crippen molar-refractivity contribution in [3.63, 3.8) is 0 Å².